The number of benzene rings is 2. The van der Waals surface area contributed by atoms with Gasteiger partial charge in [0.05, 0.1) is 6.61 Å². The molecule has 2 heterocycles. The summed E-state index contributed by atoms with van der Waals surface area (Å²) in [7, 11) is 0. The Labute approximate surface area is 195 Å². The van der Waals surface area contributed by atoms with Crippen molar-refractivity contribution in [2.75, 3.05) is 6.61 Å². The van der Waals surface area contributed by atoms with Gasteiger partial charge in [-0.2, -0.15) is 0 Å². The maximum absolute atomic E-state index is 13.6. The molecular formula is C28H31N3O2. The number of nitrogens with one attached hydrogen (secondary N) is 1. The van der Waals surface area contributed by atoms with Crippen LogP contribution < -0.4 is 4.74 Å². The Kier molecular flexibility index (Phi) is 6.78. The van der Waals surface area contributed by atoms with Crippen molar-refractivity contribution >= 4 is 16.8 Å². The summed E-state index contributed by atoms with van der Waals surface area (Å²) >= 11 is 0. The maximum atomic E-state index is 13.6. The van der Waals surface area contributed by atoms with Gasteiger partial charge >= 0.3 is 0 Å². The highest BCUT2D eigenvalue weighted by Crippen LogP contribution is 2.24. The second-order valence-corrected chi connectivity index (χ2v) is 9.00. The van der Waals surface area contributed by atoms with Gasteiger partial charge < -0.3 is 14.6 Å². The Hall–Kier alpha value is -3.60. The molecule has 0 aliphatic carbocycles. The zero-order valence-corrected chi connectivity index (χ0v) is 19.8. The molecule has 0 saturated heterocycles. The van der Waals surface area contributed by atoms with Crippen molar-refractivity contribution in [3.8, 4) is 5.75 Å². The van der Waals surface area contributed by atoms with Crippen molar-refractivity contribution in [3.63, 3.8) is 0 Å². The molecule has 0 radical (unpaired) electrons. The first-order valence-corrected chi connectivity index (χ1v) is 11.4. The third kappa shape index (κ3) is 5.43. The van der Waals surface area contributed by atoms with E-state index >= 15 is 0 Å². The number of carbonyl (C=O) groups excluding carboxylic acids is 1. The summed E-state index contributed by atoms with van der Waals surface area (Å²) in [6.45, 7) is 10.1. The van der Waals surface area contributed by atoms with Gasteiger partial charge in [0.2, 0.25) is 0 Å². The molecule has 5 nitrogen and oxygen atoms in total. The van der Waals surface area contributed by atoms with E-state index in [1.165, 1.54) is 5.56 Å². The third-order valence-corrected chi connectivity index (χ3v) is 5.85. The van der Waals surface area contributed by atoms with E-state index in [1.807, 2.05) is 59.5 Å². The number of fused-ring (bicyclic) bond motifs is 1. The average molecular weight is 442 g/mol. The summed E-state index contributed by atoms with van der Waals surface area (Å²) in [5.41, 5.74) is 6.16. The number of H-pyrrole nitrogens is 1. The molecule has 2 aromatic carbocycles. The zero-order valence-electron chi connectivity index (χ0n) is 19.8. The minimum atomic E-state index is 0.00657. The number of aromatic nitrogens is 2. The van der Waals surface area contributed by atoms with Crippen molar-refractivity contribution in [2.45, 2.75) is 40.8 Å². The van der Waals surface area contributed by atoms with Gasteiger partial charge in [-0.3, -0.25) is 9.78 Å². The van der Waals surface area contributed by atoms with Gasteiger partial charge in [0, 0.05) is 47.6 Å². The van der Waals surface area contributed by atoms with E-state index in [4.69, 9.17) is 4.74 Å². The Balaban J connectivity index is 1.59. The van der Waals surface area contributed by atoms with Crippen molar-refractivity contribution in [2.24, 2.45) is 5.92 Å². The monoisotopic (exact) mass is 441 g/mol. The molecule has 4 rings (SSSR count). The predicted octanol–water partition coefficient (Wildman–Crippen LogP) is 6.06. The largest absolute Gasteiger partial charge is 0.493 e. The lowest BCUT2D eigenvalue weighted by Gasteiger charge is -2.23. The summed E-state index contributed by atoms with van der Waals surface area (Å²) in [6.07, 6.45) is 3.52. The minimum absolute atomic E-state index is 0.00657. The smallest absolute Gasteiger partial charge is 0.254 e. The lowest BCUT2D eigenvalue weighted by atomic mass is 10.1. The average Bonchev–Trinajstić information content (AvgIpc) is 3.11. The Morgan fingerprint density at radius 1 is 0.970 bits per heavy atom. The predicted molar refractivity (Wildman–Crippen MR) is 132 cm³/mol. The summed E-state index contributed by atoms with van der Waals surface area (Å²) in [6, 6.07) is 17.8. The van der Waals surface area contributed by atoms with E-state index in [9.17, 15) is 4.79 Å². The first-order valence-electron chi connectivity index (χ1n) is 11.4. The van der Waals surface area contributed by atoms with Gasteiger partial charge in [-0.1, -0.05) is 26.0 Å². The molecule has 33 heavy (non-hydrogen) atoms. The van der Waals surface area contributed by atoms with Crippen LogP contribution in [0.3, 0.4) is 0 Å². The molecule has 1 N–H and O–H groups in total. The number of ether oxygens (including phenoxy) is 1. The highest BCUT2D eigenvalue weighted by atomic mass is 16.5. The molecule has 0 bridgehead atoms. The topological polar surface area (TPSA) is 58.2 Å². The molecule has 2 aromatic heterocycles. The first-order chi connectivity index (χ1) is 15.9. The van der Waals surface area contributed by atoms with Crippen LogP contribution in [0.15, 0.2) is 67.0 Å². The highest BCUT2D eigenvalue weighted by Gasteiger charge is 2.18. The van der Waals surface area contributed by atoms with Crippen LogP contribution in [0.25, 0.3) is 10.9 Å². The molecular weight excluding hydrogens is 410 g/mol. The van der Waals surface area contributed by atoms with Crippen molar-refractivity contribution in [1.82, 2.24) is 14.9 Å². The van der Waals surface area contributed by atoms with Crippen LogP contribution in [0.2, 0.25) is 0 Å². The third-order valence-electron chi connectivity index (χ3n) is 5.85. The van der Waals surface area contributed by atoms with E-state index < -0.39 is 0 Å². The fourth-order valence-corrected chi connectivity index (χ4v) is 3.86. The lowest BCUT2D eigenvalue weighted by Crippen LogP contribution is -2.30. The second kappa shape index (κ2) is 9.90. The number of hydrogen-bond donors (Lipinski definition) is 1. The second-order valence-electron chi connectivity index (χ2n) is 9.00. The summed E-state index contributed by atoms with van der Waals surface area (Å²) in [4.78, 5) is 23.0. The number of carbonyl (C=O) groups is 1. The number of aromatic amines is 1. The number of amides is 1. The van der Waals surface area contributed by atoms with E-state index in [0.29, 0.717) is 31.2 Å². The molecule has 0 aliphatic heterocycles. The quantitative estimate of drug-likeness (QED) is 0.362. The Bertz CT molecular complexity index is 1230. The lowest BCUT2D eigenvalue weighted by molar-refractivity contribution is 0.0730. The van der Waals surface area contributed by atoms with E-state index in [1.54, 1.807) is 12.4 Å². The molecule has 5 heteroatoms. The molecule has 0 atom stereocenters. The van der Waals surface area contributed by atoms with Gasteiger partial charge in [0.1, 0.15) is 5.75 Å². The van der Waals surface area contributed by atoms with Crippen LogP contribution in [-0.2, 0) is 13.1 Å². The SMILES string of the molecule is Cc1[nH]c2ccc(C(=O)N(Cc3ccncc3)Cc3ccc(OCC(C)C)cc3)cc2c1C. The van der Waals surface area contributed by atoms with Crippen LogP contribution >= 0.6 is 0 Å². The van der Waals surface area contributed by atoms with Crippen molar-refractivity contribution in [3.05, 3.63) is 94.9 Å². The summed E-state index contributed by atoms with van der Waals surface area (Å²) < 4.78 is 5.80. The van der Waals surface area contributed by atoms with Gasteiger partial charge in [-0.05, 0) is 78.9 Å². The highest BCUT2D eigenvalue weighted by molar-refractivity contribution is 5.99. The van der Waals surface area contributed by atoms with Gasteiger partial charge in [-0.25, -0.2) is 0 Å². The number of pyridine rings is 1. The summed E-state index contributed by atoms with van der Waals surface area (Å²) in [5.74, 6) is 1.33. The molecule has 0 fully saturated rings. The zero-order chi connectivity index (χ0) is 23.4. The number of nitrogens with zero attached hydrogens (tertiary/aromatic N) is 2. The maximum Gasteiger partial charge on any atom is 0.254 e. The van der Waals surface area contributed by atoms with Crippen LogP contribution in [0, 0.1) is 19.8 Å². The Morgan fingerprint density at radius 3 is 2.30 bits per heavy atom. The van der Waals surface area contributed by atoms with Crippen LogP contribution in [0.1, 0.15) is 46.6 Å². The number of hydrogen-bond acceptors (Lipinski definition) is 3. The molecule has 0 aliphatic rings. The van der Waals surface area contributed by atoms with Gasteiger partial charge in [0.15, 0.2) is 0 Å². The molecule has 0 spiro atoms. The molecule has 0 saturated carbocycles. The van der Waals surface area contributed by atoms with Crippen LogP contribution in [0.5, 0.6) is 5.75 Å². The van der Waals surface area contributed by atoms with Gasteiger partial charge in [0.25, 0.3) is 5.91 Å². The number of rotatable bonds is 8. The Morgan fingerprint density at radius 2 is 1.64 bits per heavy atom. The first kappa shape index (κ1) is 22.6. The number of aryl methyl sites for hydroxylation is 2. The normalized spacial score (nSPS) is 11.2. The van der Waals surface area contributed by atoms with E-state index in [2.05, 4.69) is 37.7 Å². The molecule has 170 valence electrons. The summed E-state index contributed by atoms with van der Waals surface area (Å²) in [5, 5.41) is 1.09. The molecule has 1 amide bonds. The standard InChI is InChI=1S/C28H31N3O2/c1-19(2)18-33-25-8-5-22(6-9-25)16-31(17-23-11-13-29-14-12-23)28(32)24-7-10-27-26(15-24)20(3)21(4)30-27/h5-15,19,30H,16-18H2,1-4H3. The fourth-order valence-electron chi connectivity index (χ4n) is 3.86. The van der Waals surface area contributed by atoms with Crippen LogP contribution in [0.4, 0.5) is 0 Å². The van der Waals surface area contributed by atoms with E-state index in [-0.39, 0.29) is 5.91 Å². The fraction of sp³-hybridized carbons (Fsp3) is 0.286. The van der Waals surface area contributed by atoms with Crippen molar-refractivity contribution in [1.29, 1.82) is 0 Å². The molecule has 4 aromatic rings. The van der Waals surface area contributed by atoms with Gasteiger partial charge in [-0.15, -0.1) is 0 Å². The van der Waals surface area contributed by atoms with E-state index in [0.717, 1.165) is 33.5 Å². The molecule has 0 unspecified atom stereocenters. The minimum Gasteiger partial charge on any atom is -0.493 e. The van der Waals surface area contributed by atoms with Crippen molar-refractivity contribution < 1.29 is 9.53 Å². The van der Waals surface area contributed by atoms with Crippen LogP contribution in [-0.4, -0.2) is 27.4 Å².